The highest BCUT2D eigenvalue weighted by atomic mass is 19.1. The minimum Gasteiger partial charge on any atom is -0.497 e. The number of hydrogen-bond acceptors (Lipinski definition) is 4. The maximum atomic E-state index is 13.8. The van der Waals surface area contributed by atoms with E-state index in [9.17, 15) is 4.39 Å². The summed E-state index contributed by atoms with van der Waals surface area (Å²) in [5.41, 5.74) is 2.93. The molecule has 0 radical (unpaired) electrons. The van der Waals surface area contributed by atoms with Crippen LogP contribution in [0.3, 0.4) is 0 Å². The van der Waals surface area contributed by atoms with Gasteiger partial charge < -0.3 is 9.15 Å². The fourth-order valence-electron chi connectivity index (χ4n) is 1.65. The summed E-state index contributed by atoms with van der Waals surface area (Å²) in [6.45, 7) is 0. The van der Waals surface area contributed by atoms with Crippen LogP contribution in [0.4, 0.5) is 4.39 Å². The quantitative estimate of drug-likeness (QED) is 0.629. The fourth-order valence-corrected chi connectivity index (χ4v) is 1.65. The zero-order valence-corrected chi connectivity index (χ0v) is 9.31. The molecule has 1 atom stereocenters. The molecule has 0 amide bonds. The molecule has 0 aliphatic rings. The van der Waals surface area contributed by atoms with E-state index >= 15 is 0 Å². The first-order valence-corrected chi connectivity index (χ1v) is 5.09. The van der Waals surface area contributed by atoms with E-state index in [0.717, 1.165) is 0 Å². The molecular weight excluding hydrogens is 223 g/mol. The predicted octanol–water partition coefficient (Wildman–Crippen LogP) is 1.98. The average molecular weight is 236 g/mol. The number of hydrogen-bond donors (Lipinski definition) is 2. The number of hydrazine groups is 1. The lowest BCUT2D eigenvalue weighted by Crippen LogP contribution is -2.29. The Morgan fingerprint density at radius 2 is 2.24 bits per heavy atom. The van der Waals surface area contributed by atoms with Gasteiger partial charge in [0.1, 0.15) is 23.4 Å². The highest BCUT2D eigenvalue weighted by Crippen LogP contribution is 2.26. The molecule has 2 rings (SSSR count). The highest BCUT2D eigenvalue weighted by Gasteiger charge is 2.19. The summed E-state index contributed by atoms with van der Waals surface area (Å²) in [7, 11) is 1.49. The van der Waals surface area contributed by atoms with Crippen molar-refractivity contribution in [2.45, 2.75) is 6.04 Å². The second kappa shape index (κ2) is 4.99. The number of furan rings is 1. The molecule has 0 saturated carbocycles. The zero-order valence-electron chi connectivity index (χ0n) is 9.31. The van der Waals surface area contributed by atoms with Crippen LogP contribution in [-0.4, -0.2) is 7.11 Å². The normalized spacial score (nSPS) is 12.4. The largest absolute Gasteiger partial charge is 0.497 e. The number of methoxy groups -OCH3 is 1. The van der Waals surface area contributed by atoms with Crippen molar-refractivity contribution in [2.24, 2.45) is 5.84 Å². The summed E-state index contributed by atoms with van der Waals surface area (Å²) >= 11 is 0. The molecule has 1 heterocycles. The van der Waals surface area contributed by atoms with Crippen molar-refractivity contribution in [2.75, 3.05) is 7.11 Å². The predicted molar refractivity (Wildman–Crippen MR) is 60.8 cm³/mol. The van der Waals surface area contributed by atoms with Gasteiger partial charge in [-0.25, -0.2) is 9.82 Å². The molecule has 2 aromatic rings. The van der Waals surface area contributed by atoms with Crippen LogP contribution in [0.25, 0.3) is 0 Å². The van der Waals surface area contributed by atoms with E-state index in [4.69, 9.17) is 15.0 Å². The molecule has 5 heteroatoms. The molecule has 3 N–H and O–H groups in total. The molecule has 0 aliphatic carbocycles. The summed E-state index contributed by atoms with van der Waals surface area (Å²) in [6.07, 6.45) is 1.51. The minimum atomic E-state index is -0.518. The van der Waals surface area contributed by atoms with Gasteiger partial charge in [0.2, 0.25) is 0 Å². The number of rotatable bonds is 4. The summed E-state index contributed by atoms with van der Waals surface area (Å²) in [5.74, 6) is 6.04. The second-order valence-corrected chi connectivity index (χ2v) is 3.50. The highest BCUT2D eigenvalue weighted by molar-refractivity contribution is 5.34. The van der Waals surface area contributed by atoms with E-state index in [2.05, 4.69) is 5.43 Å². The lowest BCUT2D eigenvalue weighted by Gasteiger charge is -2.15. The summed E-state index contributed by atoms with van der Waals surface area (Å²) in [5, 5.41) is 0. The van der Waals surface area contributed by atoms with Crippen molar-refractivity contribution in [3.05, 3.63) is 53.7 Å². The Bertz CT molecular complexity index is 485. The van der Waals surface area contributed by atoms with E-state index in [1.807, 2.05) is 0 Å². The average Bonchev–Trinajstić information content (AvgIpc) is 2.85. The first-order valence-electron chi connectivity index (χ1n) is 5.09. The Hall–Kier alpha value is -1.85. The van der Waals surface area contributed by atoms with Crippen molar-refractivity contribution in [1.82, 2.24) is 5.43 Å². The number of nitrogens with two attached hydrogens (primary N) is 1. The van der Waals surface area contributed by atoms with Crippen LogP contribution >= 0.6 is 0 Å². The third kappa shape index (κ3) is 2.30. The Morgan fingerprint density at radius 3 is 2.76 bits per heavy atom. The van der Waals surface area contributed by atoms with Crippen LogP contribution in [0.15, 0.2) is 41.0 Å². The molecule has 0 spiro atoms. The van der Waals surface area contributed by atoms with Crippen molar-refractivity contribution >= 4 is 0 Å². The molecule has 1 unspecified atom stereocenters. The smallest absolute Gasteiger partial charge is 0.132 e. The lowest BCUT2D eigenvalue weighted by atomic mass is 10.0. The van der Waals surface area contributed by atoms with Gasteiger partial charge in [0.15, 0.2) is 0 Å². The topological polar surface area (TPSA) is 60.4 Å². The SMILES string of the molecule is COc1ccc(C(NN)c2ccco2)c(F)c1. The minimum absolute atomic E-state index is 0.399. The molecule has 1 aromatic heterocycles. The third-order valence-electron chi connectivity index (χ3n) is 2.51. The molecule has 0 fully saturated rings. The standard InChI is InChI=1S/C12H13FN2O2/c1-16-8-4-5-9(10(13)7-8)12(15-14)11-3-2-6-17-11/h2-7,12,15H,14H2,1H3. The number of halogens is 1. The molecular formula is C12H13FN2O2. The Kier molecular flexibility index (Phi) is 3.41. The van der Waals surface area contributed by atoms with Crippen LogP contribution < -0.4 is 16.0 Å². The molecule has 0 saturated heterocycles. The maximum Gasteiger partial charge on any atom is 0.132 e. The third-order valence-corrected chi connectivity index (χ3v) is 2.51. The lowest BCUT2D eigenvalue weighted by molar-refractivity contribution is 0.407. The second-order valence-electron chi connectivity index (χ2n) is 3.50. The zero-order chi connectivity index (χ0) is 12.3. The fraction of sp³-hybridized carbons (Fsp3) is 0.167. The van der Waals surface area contributed by atoms with Crippen LogP contribution in [0.5, 0.6) is 5.75 Å². The Balaban J connectivity index is 2.38. The van der Waals surface area contributed by atoms with Gasteiger partial charge in [-0.15, -0.1) is 0 Å². The van der Waals surface area contributed by atoms with Crippen LogP contribution in [0.1, 0.15) is 17.4 Å². The molecule has 0 bridgehead atoms. The summed E-state index contributed by atoms with van der Waals surface area (Å²) < 4.78 is 24.0. The molecule has 4 nitrogen and oxygen atoms in total. The van der Waals surface area contributed by atoms with E-state index in [1.165, 1.54) is 19.4 Å². The number of benzene rings is 1. The van der Waals surface area contributed by atoms with Crippen LogP contribution in [-0.2, 0) is 0 Å². The summed E-state index contributed by atoms with van der Waals surface area (Å²) in [4.78, 5) is 0. The molecule has 90 valence electrons. The van der Waals surface area contributed by atoms with Crippen LogP contribution in [0.2, 0.25) is 0 Å². The first-order chi connectivity index (χ1) is 8.26. The monoisotopic (exact) mass is 236 g/mol. The number of ether oxygens (including phenoxy) is 1. The van der Waals surface area contributed by atoms with E-state index < -0.39 is 11.9 Å². The van der Waals surface area contributed by atoms with E-state index in [0.29, 0.717) is 17.1 Å². The van der Waals surface area contributed by atoms with Crippen molar-refractivity contribution in [1.29, 1.82) is 0 Å². The Labute approximate surface area is 98.2 Å². The van der Waals surface area contributed by atoms with Gasteiger partial charge in [-0.1, -0.05) is 6.07 Å². The van der Waals surface area contributed by atoms with Gasteiger partial charge in [0.25, 0.3) is 0 Å². The van der Waals surface area contributed by atoms with Crippen molar-refractivity contribution in [3.63, 3.8) is 0 Å². The summed E-state index contributed by atoms with van der Waals surface area (Å²) in [6, 6.07) is 7.53. The van der Waals surface area contributed by atoms with Crippen molar-refractivity contribution < 1.29 is 13.5 Å². The van der Waals surface area contributed by atoms with Gasteiger partial charge in [-0.2, -0.15) is 0 Å². The molecule has 17 heavy (non-hydrogen) atoms. The molecule has 0 aliphatic heterocycles. The van der Waals surface area contributed by atoms with Gasteiger partial charge >= 0.3 is 0 Å². The maximum absolute atomic E-state index is 13.8. The number of nitrogens with one attached hydrogen (secondary N) is 1. The van der Waals surface area contributed by atoms with Crippen molar-refractivity contribution in [3.8, 4) is 5.75 Å². The first kappa shape index (κ1) is 11.6. The molecule has 1 aromatic carbocycles. The van der Waals surface area contributed by atoms with Gasteiger partial charge in [0.05, 0.1) is 13.4 Å². The van der Waals surface area contributed by atoms with E-state index in [1.54, 1.807) is 24.3 Å². The van der Waals surface area contributed by atoms with Gasteiger partial charge in [0, 0.05) is 11.6 Å². The van der Waals surface area contributed by atoms with Gasteiger partial charge in [-0.3, -0.25) is 5.84 Å². The van der Waals surface area contributed by atoms with Crippen LogP contribution in [0, 0.1) is 5.82 Å². The van der Waals surface area contributed by atoms with Gasteiger partial charge in [-0.05, 0) is 18.2 Å². The Morgan fingerprint density at radius 1 is 1.41 bits per heavy atom. The van der Waals surface area contributed by atoms with E-state index in [-0.39, 0.29) is 0 Å².